The summed E-state index contributed by atoms with van der Waals surface area (Å²) in [6.07, 6.45) is 0. The lowest BCUT2D eigenvalue weighted by atomic mass is 9.79. The van der Waals surface area contributed by atoms with Gasteiger partial charge in [-0.05, 0) is 120 Å². The molecular formula is C52H41N. The van der Waals surface area contributed by atoms with Gasteiger partial charge in [0.15, 0.2) is 0 Å². The van der Waals surface area contributed by atoms with Crippen molar-refractivity contribution in [2.45, 2.75) is 38.5 Å². The lowest BCUT2D eigenvalue weighted by Crippen LogP contribution is -2.17. The van der Waals surface area contributed by atoms with Crippen LogP contribution in [0.2, 0.25) is 0 Å². The number of nitrogens with zero attached hydrogens (tertiary/aromatic N) is 1. The van der Waals surface area contributed by atoms with Gasteiger partial charge >= 0.3 is 0 Å². The molecule has 0 atom stereocenters. The van der Waals surface area contributed by atoms with Gasteiger partial charge in [-0.3, -0.25) is 0 Å². The Morgan fingerprint density at radius 3 is 1.62 bits per heavy atom. The van der Waals surface area contributed by atoms with Crippen LogP contribution < -0.4 is 4.90 Å². The molecule has 8 aromatic rings. The van der Waals surface area contributed by atoms with Gasteiger partial charge in [-0.15, -0.1) is 0 Å². The van der Waals surface area contributed by atoms with Gasteiger partial charge in [-0.1, -0.05) is 161 Å². The van der Waals surface area contributed by atoms with E-state index in [4.69, 9.17) is 0 Å². The normalized spacial score (nSPS) is 14.3. The Hall–Kier alpha value is -6.18. The minimum atomic E-state index is -0.149. The minimum absolute atomic E-state index is 0.0967. The molecule has 0 unspecified atom stereocenters. The zero-order valence-electron chi connectivity index (χ0n) is 30.7. The summed E-state index contributed by atoms with van der Waals surface area (Å²) in [6.45, 7) is 9.52. The molecule has 0 N–H and O–H groups in total. The van der Waals surface area contributed by atoms with Crippen molar-refractivity contribution < 1.29 is 0 Å². The highest BCUT2D eigenvalue weighted by molar-refractivity contribution is 6.06. The van der Waals surface area contributed by atoms with E-state index in [0.717, 1.165) is 17.1 Å². The van der Waals surface area contributed by atoms with E-state index in [-0.39, 0.29) is 10.8 Å². The molecule has 1 heteroatoms. The van der Waals surface area contributed by atoms with Gasteiger partial charge in [0.1, 0.15) is 0 Å². The highest BCUT2D eigenvalue weighted by Crippen LogP contribution is 2.55. The van der Waals surface area contributed by atoms with Crippen molar-refractivity contribution in [3.05, 3.63) is 198 Å². The van der Waals surface area contributed by atoms with Crippen LogP contribution in [-0.4, -0.2) is 0 Å². The van der Waals surface area contributed by atoms with Crippen molar-refractivity contribution in [2.24, 2.45) is 0 Å². The molecule has 0 heterocycles. The summed E-state index contributed by atoms with van der Waals surface area (Å²) in [5, 5.41) is 2.64. The van der Waals surface area contributed by atoms with E-state index >= 15 is 0 Å². The molecule has 8 aromatic carbocycles. The molecule has 2 aliphatic carbocycles. The predicted molar refractivity (Wildman–Crippen MR) is 225 cm³/mol. The molecule has 0 amide bonds. The van der Waals surface area contributed by atoms with Gasteiger partial charge < -0.3 is 4.90 Å². The van der Waals surface area contributed by atoms with Gasteiger partial charge in [0.2, 0.25) is 0 Å². The Labute approximate surface area is 312 Å². The SMILES string of the molecule is CC1(C)c2ccccc2-c2ccc(N(c3ccc(-c4ccccc4)cc3)c3ccc4c(c3)-c3cc(-c5ccccc5)c5ccccc5c3C4(C)C)cc21. The van der Waals surface area contributed by atoms with Crippen LogP contribution in [0.25, 0.3) is 55.3 Å². The predicted octanol–water partition coefficient (Wildman–Crippen LogP) is 14.3. The van der Waals surface area contributed by atoms with E-state index in [1.54, 1.807) is 0 Å². The number of anilines is 3. The van der Waals surface area contributed by atoms with E-state index in [0.29, 0.717) is 0 Å². The first-order valence-electron chi connectivity index (χ1n) is 18.8. The molecule has 0 bridgehead atoms. The van der Waals surface area contributed by atoms with Crippen LogP contribution in [-0.2, 0) is 10.8 Å². The first-order chi connectivity index (χ1) is 25.8. The fourth-order valence-corrected chi connectivity index (χ4v) is 9.40. The number of hydrogen-bond donors (Lipinski definition) is 0. The van der Waals surface area contributed by atoms with Crippen LogP contribution in [0.5, 0.6) is 0 Å². The molecule has 0 radical (unpaired) electrons. The third kappa shape index (κ3) is 4.77. The van der Waals surface area contributed by atoms with Crippen LogP contribution >= 0.6 is 0 Å². The summed E-state index contributed by atoms with van der Waals surface area (Å²) in [5.74, 6) is 0. The second kappa shape index (κ2) is 11.7. The van der Waals surface area contributed by atoms with Crippen molar-refractivity contribution in [3.63, 3.8) is 0 Å². The van der Waals surface area contributed by atoms with E-state index in [1.807, 2.05) is 0 Å². The lowest BCUT2D eigenvalue weighted by Gasteiger charge is -2.29. The number of benzene rings is 8. The first-order valence-corrected chi connectivity index (χ1v) is 18.8. The number of hydrogen-bond acceptors (Lipinski definition) is 1. The molecule has 1 nitrogen and oxygen atoms in total. The molecule has 0 aliphatic heterocycles. The summed E-state index contributed by atoms with van der Waals surface area (Å²) in [6, 6.07) is 65.2. The highest BCUT2D eigenvalue weighted by atomic mass is 15.1. The van der Waals surface area contributed by atoms with Crippen LogP contribution in [0, 0.1) is 0 Å². The molecule has 0 spiro atoms. The zero-order chi connectivity index (χ0) is 35.9. The molecule has 0 saturated carbocycles. The fraction of sp³-hybridized carbons (Fsp3) is 0.115. The van der Waals surface area contributed by atoms with Crippen LogP contribution in [0.4, 0.5) is 17.1 Å². The topological polar surface area (TPSA) is 3.24 Å². The monoisotopic (exact) mass is 679 g/mol. The van der Waals surface area contributed by atoms with E-state index in [9.17, 15) is 0 Å². The van der Waals surface area contributed by atoms with Crippen molar-refractivity contribution >= 4 is 27.8 Å². The summed E-state index contributed by atoms with van der Waals surface area (Å²) >= 11 is 0. The molecular weight excluding hydrogens is 639 g/mol. The maximum atomic E-state index is 2.46. The molecule has 0 aromatic heterocycles. The van der Waals surface area contributed by atoms with Gasteiger partial charge in [0.25, 0.3) is 0 Å². The Balaban J connectivity index is 1.18. The standard InChI is InChI=1S/C52H41N/c1-51(2)47-22-14-13-20-41(47)42-29-27-39(32-49(42)51)53(37-25-23-35(24-26-37)34-15-7-5-8-16-34)38-28-30-48-45(31-38)46-33-44(36-17-9-6-10-18-36)40-19-11-12-21-43(40)50(46)52(48,3)4/h5-33H,1-4H3. The minimum Gasteiger partial charge on any atom is -0.310 e. The zero-order valence-corrected chi connectivity index (χ0v) is 30.7. The summed E-state index contributed by atoms with van der Waals surface area (Å²) in [7, 11) is 0. The molecule has 0 saturated heterocycles. The summed E-state index contributed by atoms with van der Waals surface area (Å²) < 4.78 is 0. The Morgan fingerprint density at radius 1 is 0.321 bits per heavy atom. The largest absolute Gasteiger partial charge is 0.310 e. The Morgan fingerprint density at radius 2 is 0.868 bits per heavy atom. The molecule has 10 rings (SSSR count). The maximum Gasteiger partial charge on any atom is 0.0468 e. The van der Waals surface area contributed by atoms with E-state index in [2.05, 4.69) is 209 Å². The van der Waals surface area contributed by atoms with E-state index in [1.165, 1.54) is 77.5 Å². The van der Waals surface area contributed by atoms with Gasteiger partial charge in [-0.25, -0.2) is 0 Å². The highest BCUT2D eigenvalue weighted by Gasteiger charge is 2.39. The summed E-state index contributed by atoms with van der Waals surface area (Å²) in [4.78, 5) is 2.46. The Kier molecular flexibility index (Phi) is 6.94. The van der Waals surface area contributed by atoms with Crippen molar-refractivity contribution in [2.75, 3.05) is 4.90 Å². The third-order valence-electron chi connectivity index (χ3n) is 12.0. The second-order valence-corrected chi connectivity index (χ2v) is 15.8. The van der Waals surface area contributed by atoms with Crippen LogP contribution in [0.3, 0.4) is 0 Å². The fourth-order valence-electron chi connectivity index (χ4n) is 9.40. The van der Waals surface area contributed by atoms with Crippen LogP contribution in [0.1, 0.15) is 49.9 Å². The van der Waals surface area contributed by atoms with Crippen molar-refractivity contribution in [1.29, 1.82) is 0 Å². The third-order valence-corrected chi connectivity index (χ3v) is 12.0. The van der Waals surface area contributed by atoms with Crippen LogP contribution in [0.15, 0.2) is 176 Å². The molecule has 0 fully saturated rings. The first kappa shape index (κ1) is 31.5. The number of rotatable bonds is 5. The quantitative estimate of drug-likeness (QED) is 0.175. The van der Waals surface area contributed by atoms with Gasteiger partial charge in [0, 0.05) is 27.9 Å². The maximum absolute atomic E-state index is 2.46. The van der Waals surface area contributed by atoms with Gasteiger partial charge in [0.05, 0.1) is 0 Å². The van der Waals surface area contributed by atoms with Gasteiger partial charge in [-0.2, -0.15) is 0 Å². The molecule has 53 heavy (non-hydrogen) atoms. The summed E-state index contributed by atoms with van der Waals surface area (Å²) in [5.41, 5.74) is 19.0. The average molecular weight is 680 g/mol. The van der Waals surface area contributed by atoms with Crippen molar-refractivity contribution in [3.8, 4) is 44.5 Å². The molecule has 2 aliphatic rings. The smallest absolute Gasteiger partial charge is 0.0468 e. The van der Waals surface area contributed by atoms with Crippen molar-refractivity contribution in [1.82, 2.24) is 0 Å². The Bertz CT molecular complexity index is 2700. The van der Waals surface area contributed by atoms with E-state index < -0.39 is 0 Å². The number of fused-ring (bicyclic) bond motifs is 8. The lowest BCUT2D eigenvalue weighted by molar-refractivity contribution is 0.660. The average Bonchev–Trinajstić information content (AvgIpc) is 3.57. The molecule has 254 valence electrons. The second-order valence-electron chi connectivity index (χ2n) is 15.8.